The standard InChI is InChI=1S/C12H22N2/c1-9(2)14-11(4)10(3)7-12(14)8-13(5)6/h9,12H,3-4,7-8H2,1-2,5-6H3. The van der Waals surface area contributed by atoms with Crippen molar-refractivity contribution in [3.05, 3.63) is 24.4 Å². The van der Waals surface area contributed by atoms with Crippen LogP contribution in [0.2, 0.25) is 0 Å². The van der Waals surface area contributed by atoms with Crippen molar-refractivity contribution in [3.63, 3.8) is 0 Å². The van der Waals surface area contributed by atoms with Gasteiger partial charge in [-0.25, -0.2) is 0 Å². The van der Waals surface area contributed by atoms with E-state index in [0.717, 1.165) is 18.7 Å². The van der Waals surface area contributed by atoms with Crippen LogP contribution in [0.5, 0.6) is 0 Å². The van der Waals surface area contributed by atoms with Crippen molar-refractivity contribution in [1.82, 2.24) is 9.80 Å². The maximum absolute atomic E-state index is 4.10. The highest BCUT2D eigenvalue weighted by Gasteiger charge is 2.31. The van der Waals surface area contributed by atoms with Crippen LogP contribution in [0.4, 0.5) is 0 Å². The maximum atomic E-state index is 4.10. The summed E-state index contributed by atoms with van der Waals surface area (Å²) < 4.78 is 0. The number of hydrogen-bond acceptors (Lipinski definition) is 2. The zero-order valence-corrected chi connectivity index (χ0v) is 9.88. The van der Waals surface area contributed by atoms with Gasteiger partial charge in [-0.2, -0.15) is 0 Å². The van der Waals surface area contributed by atoms with Gasteiger partial charge in [-0.05, 0) is 39.9 Å². The van der Waals surface area contributed by atoms with Crippen molar-refractivity contribution in [2.45, 2.75) is 32.4 Å². The molecule has 0 N–H and O–H groups in total. The largest absolute Gasteiger partial charge is 0.365 e. The second-order valence-electron chi connectivity index (χ2n) is 4.67. The monoisotopic (exact) mass is 194 g/mol. The molecule has 0 radical (unpaired) electrons. The van der Waals surface area contributed by atoms with E-state index in [-0.39, 0.29) is 0 Å². The minimum absolute atomic E-state index is 0.520. The zero-order valence-electron chi connectivity index (χ0n) is 9.88. The van der Waals surface area contributed by atoms with Gasteiger partial charge in [0.25, 0.3) is 0 Å². The zero-order chi connectivity index (χ0) is 10.9. The molecule has 0 saturated carbocycles. The Balaban J connectivity index is 2.75. The summed E-state index contributed by atoms with van der Waals surface area (Å²) in [5.41, 5.74) is 2.33. The Hall–Kier alpha value is -0.760. The first-order chi connectivity index (χ1) is 6.43. The number of nitrogens with zero attached hydrogens (tertiary/aromatic N) is 2. The van der Waals surface area contributed by atoms with Crippen molar-refractivity contribution < 1.29 is 0 Å². The molecule has 1 unspecified atom stereocenters. The quantitative estimate of drug-likeness (QED) is 0.679. The molecule has 2 nitrogen and oxygen atoms in total. The highest BCUT2D eigenvalue weighted by atomic mass is 15.2. The van der Waals surface area contributed by atoms with Gasteiger partial charge in [-0.1, -0.05) is 13.2 Å². The SMILES string of the molecule is C=C1CC(CN(C)C)N(C(C)C)C1=C. The molecule has 0 aliphatic carbocycles. The first-order valence-corrected chi connectivity index (χ1v) is 5.23. The highest BCUT2D eigenvalue weighted by molar-refractivity contribution is 5.32. The van der Waals surface area contributed by atoms with E-state index in [1.165, 1.54) is 5.57 Å². The molecule has 0 aromatic carbocycles. The Labute approximate surface area is 87.9 Å². The van der Waals surface area contributed by atoms with Gasteiger partial charge in [0.2, 0.25) is 0 Å². The molecule has 1 aliphatic rings. The molecular formula is C12H22N2. The third-order valence-electron chi connectivity index (χ3n) is 2.73. The molecule has 0 spiro atoms. The number of allylic oxidation sites excluding steroid dienone is 1. The average molecular weight is 194 g/mol. The second kappa shape index (κ2) is 4.18. The van der Waals surface area contributed by atoms with E-state index in [1.807, 2.05) is 0 Å². The van der Waals surface area contributed by atoms with Crippen LogP contribution in [-0.4, -0.2) is 42.5 Å². The fraction of sp³-hybridized carbons (Fsp3) is 0.667. The lowest BCUT2D eigenvalue weighted by Crippen LogP contribution is -2.40. The molecule has 1 rings (SSSR count). The Morgan fingerprint density at radius 3 is 2.43 bits per heavy atom. The van der Waals surface area contributed by atoms with Crippen molar-refractivity contribution >= 4 is 0 Å². The molecule has 1 fully saturated rings. The molecule has 1 saturated heterocycles. The minimum atomic E-state index is 0.520. The van der Waals surface area contributed by atoms with Crippen LogP contribution >= 0.6 is 0 Å². The molecule has 1 atom stereocenters. The van der Waals surface area contributed by atoms with Gasteiger partial charge >= 0.3 is 0 Å². The van der Waals surface area contributed by atoms with Crippen LogP contribution in [0.15, 0.2) is 24.4 Å². The topological polar surface area (TPSA) is 6.48 Å². The summed E-state index contributed by atoms with van der Waals surface area (Å²) in [4.78, 5) is 4.62. The summed E-state index contributed by atoms with van der Waals surface area (Å²) in [6.07, 6.45) is 1.06. The summed E-state index contributed by atoms with van der Waals surface area (Å²) in [6.45, 7) is 13.7. The van der Waals surface area contributed by atoms with Gasteiger partial charge in [0.15, 0.2) is 0 Å². The van der Waals surface area contributed by atoms with Crippen molar-refractivity contribution in [1.29, 1.82) is 0 Å². The van der Waals surface area contributed by atoms with Crippen LogP contribution in [0, 0.1) is 0 Å². The van der Waals surface area contributed by atoms with Crippen molar-refractivity contribution in [3.8, 4) is 0 Å². The molecule has 80 valence electrons. The fourth-order valence-corrected chi connectivity index (χ4v) is 2.21. The number of likely N-dealkylation sites (tertiary alicyclic amines) is 1. The van der Waals surface area contributed by atoms with Gasteiger partial charge in [0.1, 0.15) is 0 Å². The Bertz CT molecular complexity index is 241. The van der Waals surface area contributed by atoms with Crippen LogP contribution < -0.4 is 0 Å². The second-order valence-corrected chi connectivity index (χ2v) is 4.67. The van der Waals surface area contributed by atoms with E-state index in [4.69, 9.17) is 0 Å². The molecule has 0 bridgehead atoms. The van der Waals surface area contributed by atoms with Crippen LogP contribution in [0.25, 0.3) is 0 Å². The molecule has 2 heteroatoms. The van der Waals surface area contributed by atoms with Crippen molar-refractivity contribution in [2.75, 3.05) is 20.6 Å². The highest BCUT2D eigenvalue weighted by Crippen LogP contribution is 2.32. The fourth-order valence-electron chi connectivity index (χ4n) is 2.21. The van der Waals surface area contributed by atoms with Crippen molar-refractivity contribution in [2.24, 2.45) is 0 Å². The predicted octanol–water partition coefficient (Wildman–Crippen LogP) is 2.10. The number of hydrogen-bond donors (Lipinski definition) is 0. The van der Waals surface area contributed by atoms with E-state index >= 15 is 0 Å². The van der Waals surface area contributed by atoms with Crippen LogP contribution in [0.3, 0.4) is 0 Å². The molecule has 1 heterocycles. The van der Waals surface area contributed by atoms with E-state index in [0.29, 0.717) is 12.1 Å². The molecule has 14 heavy (non-hydrogen) atoms. The molecule has 1 aliphatic heterocycles. The number of rotatable bonds is 3. The van der Waals surface area contributed by atoms with Crippen LogP contribution in [0.1, 0.15) is 20.3 Å². The summed E-state index contributed by atoms with van der Waals surface area (Å²) in [6, 6.07) is 1.08. The van der Waals surface area contributed by atoms with E-state index < -0.39 is 0 Å². The van der Waals surface area contributed by atoms with Gasteiger partial charge < -0.3 is 9.80 Å². The Morgan fingerprint density at radius 1 is 1.43 bits per heavy atom. The third kappa shape index (κ3) is 2.18. The van der Waals surface area contributed by atoms with Gasteiger partial charge in [0.05, 0.1) is 0 Å². The van der Waals surface area contributed by atoms with Crippen LogP contribution in [-0.2, 0) is 0 Å². The number of likely N-dealkylation sites (N-methyl/N-ethyl adjacent to an activating group) is 1. The lowest BCUT2D eigenvalue weighted by atomic mass is 10.1. The van der Waals surface area contributed by atoms with Gasteiger partial charge in [-0.3, -0.25) is 0 Å². The Kier molecular flexibility index (Phi) is 3.38. The molecular weight excluding hydrogens is 172 g/mol. The summed E-state index contributed by atoms with van der Waals surface area (Å²) in [5, 5.41) is 0. The predicted molar refractivity (Wildman–Crippen MR) is 62.2 cm³/mol. The van der Waals surface area contributed by atoms with E-state index in [1.54, 1.807) is 0 Å². The molecule has 0 amide bonds. The third-order valence-corrected chi connectivity index (χ3v) is 2.73. The lowest BCUT2D eigenvalue weighted by Gasteiger charge is -2.32. The average Bonchev–Trinajstić information content (AvgIpc) is 2.26. The minimum Gasteiger partial charge on any atom is -0.365 e. The van der Waals surface area contributed by atoms with Gasteiger partial charge in [-0.15, -0.1) is 0 Å². The maximum Gasteiger partial charge on any atom is 0.0460 e. The van der Waals surface area contributed by atoms with E-state index in [2.05, 4.69) is 50.9 Å². The summed E-state index contributed by atoms with van der Waals surface area (Å²) in [7, 11) is 4.23. The molecule has 0 aromatic rings. The summed E-state index contributed by atoms with van der Waals surface area (Å²) >= 11 is 0. The summed E-state index contributed by atoms with van der Waals surface area (Å²) in [5.74, 6) is 0. The Morgan fingerprint density at radius 2 is 2.00 bits per heavy atom. The normalized spacial score (nSPS) is 23.0. The first kappa shape index (κ1) is 11.3. The first-order valence-electron chi connectivity index (χ1n) is 5.23. The lowest BCUT2D eigenvalue weighted by molar-refractivity contribution is 0.199. The molecule has 0 aromatic heterocycles. The van der Waals surface area contributed by atoms with Gasteiger partial charge in [0, 0.05) is 24.3 Å². The van der Waals surface area contributed by atoms with E-state index in [9.17, 15) is 0 Å². The smallest absolute Gasteiger partial charge is 0.0460 e.